The van der Waals surface area contributed by atoms with Crippen LogP contribution in [0.15, 0.2) is 0 Å². The number of rotatable bonds is 7. The van der Waals surface area contributed by atoms with Crippen LogP contribution < -0.4 is 0 Å². The molecular weight excluding hydrogens is 280 g/mol. The molecule has 0 amide bonds. The first-order valence-corrected chi connectivity index (χ1v) is 8.10. The molecule has 1 unspecified atom stereocenters. The highest BCUT2D eigenvalue weighted by atomic mass is 16.4. The van der Waals surface area contributed by atoms with Crippen LogP contribution in [0.1, 0.15) is 41.5 Å². The summed E-state index contributed by atoms with van der Waals surface area (Å²) in [6.45, 7) is 4.91. The van der Waals surface area contributed by atoms with Crippen LogP contribution in [0.25, 0.3) is 0 Å². The molecule has 1 aromatic rings. The molecule has 0 radical (unpaired) electrons. The lowest BCUT2D eigenvalue weighted by atomic mass is 9.90. The predicted octanol–water partition coefficient (Wildman–Crippen LogP) is 1.34. The Kier molecular flexibility index (Phi) is 5.58. The minimum Gasteiger partial charge on any atom is -0.476 e. The van der Waals surface area contributed by atoms with Gasteiger partial charge in [-0.25, -0.2) is 4.79 Å². The van der Waals surface area contributed by atoms with Gasteiger partial charge in [-0.1, -0.05) is 6.92 Å². The summed E-state index contributed by atoms with van der Waals surface area (Å²) in [4.78, 5) is 16.0. The van der Waals surface area contributed by atoms with Crippen LogP contribution in [0.5, 0.6) is 0 Å². The van der Waals surface area contributed by atoms with E-state index in [9.17, 15) is 9.90 Å². The van der Waals surface area contributed by atoms with Gasteiger partial charge < -0.3 is 14.9 Å². The Bertz CT molecular complexity index is 524. The summed E-state index contributed by atoms with van der Waals surface area (Å²) in [7, 11) is 6.28. The molecule has 0 aromatic carbocycles. The number of carboxylic acids is 1. The van der Waals surface area contributed by atoms with E-state index in [2.05, 4.69) is 43.0 Å². The number of hydrogen-bond donors (Lipinski definition) is 1. The zero-order valence-electron chi connectivity index (χ0n) is 14.2. The second-order valence-corrected chi connectivity index (χ2v) is 6.48. The van der Waals surface area contributed by atoms with Crippen LogP contribution in [0.3, 0.4) is 0 Å². The van der Waals surface area contributed by atoms with Crippen molar-refractivity contribution in [1.29, 1.82) is 0 Å². The molecule has 1 aliphatic rings. The van der Waals surface area contributed by atoms with E-state index in [1.165, 1.54) is 0 Å². The first-order valence-electron chi connectivity index (χ1n) is 8.10. The third-order valence-electron chi connectivity index (χ3n) is 4.48. The van der Waals surface area contributed by atoms with E-state index >= 15 is 0 Å². The van der Waals surface area contributed by atoms with E-state index in [-0.39, 0.29) is 5.69 Å². The molecule has 2 rings (SSSR count). The van der Waals surface area contributed by atoms with E-state index in [0.717, 1.165) is 56.6 Å². The topological polar surface area (TPSA) is 61.6 Å². The van der Waals surface area contributed by atoms with Gasteiger partial charge in [0.2, 0.25) is 0 Å². The lowest BCUT2D eigenvalue weighted by Crippen LogP contribution is -2.40. The number of aryl methyl sites for hydroxylation is 1. The number of fused-ring (bicyclic) bond motifs is 1. The fourth-order valence-corrected chi connectivity index (χ4v) is 3.15. The largest absolute Gasteiger partial charge is 0.476 e. The maximum atomic E-state index is 11.5. The Morgan fingerprint density at radius 3 is 2.68 bits per heavy atom. The van der Waals surface area contributed by atoms with Crippen LogP contribution >= 0.6 is 0 Å². The van der Waals surface area contributed by atoms with Crippen molar-refractivity contribution in [1.82, 2.24) is 19.6 Å². The molecule has 0 saturated carbocycles. The molecule has 0 fully saturated rings. The maximum Gasteiger partial charge on any atom is 0.356 e. The highest BCUT2D eigenvalue weighted by molar-refractivity contribution is 5.87. The number of aromatic nitrogens is 2. The molecule has 0 aliphatic heterocycles. The third-order valence-corrected chi connectivity index (χ3v) is 4.48. The Labute approximate surface area is 132 Å². The predicted molar refractivity (Wildman–Crippen MR) is 86.5 cm³/mol. The fourth-order valence-electron chi connectivity index (χ4n) is 3.15. The molecule has 1 atom stereocenters. The standard InChI is InChI=1S/C16H28N4O2/c1-5-8-20-14-7-6-12(19(4)10-9-18(2)3)11-13(14)15(17-20)16(21)22/h12H,5-11H2,1-4H3,(H,21,22). The molecule has 1 heterocycles. The van der Waals surface area contributed by atoms with Crippen molar-refractivity contribution < 1.29 is 9.90 Å². The van der Waals surface area contributed by atoms with E-state index in [4.69, 9.17) is 0 Å². The monoisotopic (exact) mass is 308 g/mol. The lowest BCUT2D eigenvalue weighted by molar-refractivity contribution is 0.0687. The van der Waals surface area contributed by atoms with Gasteiger partial charge in [0.1, 0.15) is 0 Å². The van der Waals surface area contributed by atoms with Gasteiger partial charge in [0, 0.05) is 36.9 Å². The Hall–Kier alpha value is -1.40. The number of nitrogens with zero attached hydrogens (tertiary/aromatic N) is 4. The van der Waals surface area contributed by atoms with Gasteiger partial charge in [-0.3, -0.25) is 4.68 Å². The number of likely N-dealkylation sites (N-methyl/N-ethyl adjacent to an activating group) is 2. The number of carbonyl (C=O) groups is 1. The van der Waals surface area contributed by atoms with Gasteiger partial charge in [-0.2, -0.15) is 5.10 Å². The first kappa shape index (κ1) is 17.0. The van der Waals surface area contributed by atoms with Gasteiger partial charge in [-0.15, -0.1) is 0 Å². The Morgan fingerprint density at radius 1 is 1.36 bits per heavy atom. The molecule has 6 nitrogen and oxygen atoms in total. The van der Waals surface area contributed by atoms with Crippen LogP contribution in [-0.4, -0.2) is 70.9 Å². The van der Waals surface area contributed by atoms with E-state index in [0.29, 0.717) is 6.04 Å². The van der Waals surface area contributed by atoms with Gasteiger partial charge in [0.25, 0.3) is 0 Å². The fraction of sp³-hybridized carbons (Fsp3) is 0.750. The minimum absolute atomic E-state index is 0.258. The van der Waals surface area contributed by atoms with Crippen LogP contribution in [0.2, 0.25) is 0 Å². The highest BCUT2D eigenvalue weighted by Gasteiger charge is 2.30. The third kappa shape index (κ3) is 3.67. The molecule has 0 saturated heterocycles. The van der Waals surface area contributed by atoms with Gasteiger partial charge in [-0.05, 0) is 46.8 Å². The van der Waals surface area contributed by atoms with Crippen molar-refractivity contribution in [3.05, 3.63) is 17.0 Å². The quantitative estimate of drug-likeness (QED) is 0.824. The zero-order valence-corrected chi connectivity index (χ0v) is 14.2. The minimum atomic E-state index is -0.900. The lowest BCUT2D eigenvalue weighted by Gasteiger charge is -2.32. The van der Waals surface area contributed by atoms with Crippen LogP contribution in [0, 0.1) is 0 Å². The van der Waals surface area contributed by atoms with E-state index in [1.807, 2.05) is 4.68 Å². The van der Waals surface area contributed by atoms with Crippen molar-refractivity contribution in [2.45, 2.75) is 45.2 Å². The molecule has 0 spiro atoms. The van der Waals surface area contributed by atoms with Gasteiger partial charge in [0.05, 0.1) is 0 Å². The summed E-state index contributed by atoms with van der Waals surface area (Å²) in [5, 5.41) is 13.8. The second kappa shape index (κ2) is 7.24. The van der Waals surface area contributed by atoms with E-state index < -0.39 is 5.97 Å². The average Bonchev–Trinajstić information content (AvgIpc) is 2.83. The van der Waals surface area contributed by atoms with Crippen molar-refractivity contribution in [2.24, 2.45) is 0 Å². The summed E-state index contributed by atoms with van der Waals surface area (Å²) in [6, 6.07) is 0.407. The smallest absolute Gasteiger partial charge is 0.356 e. The summed E-state index contributed by atoms with van der Waals surface area (Å²) in [5.74, 6) is -0.900. The Morgan fingerprint density at radius 2 is 2.09 bits per heavy atom. The average molecular weight is 308 g/mol. The van der Waals surface area contributed by atoms with E-state index in [1.54, 1.807) is 0 Å². The molecule has 6 heteroatoms. The molecular formula is C16H28N4O2. The Balaban J connectivity index is 2.16. The molecule has 124 valence electrons. The van der Waals surface area contributed by atoms with Gasteiger partial charge >= 0.3 is 5.97 Å². The highest BCUT2D eigenvalue weighted by Crippen LogP contribution is 2.27. The van der Waals surface area contributed by atoms with Crippen LogP contribution in [0.4, 0.5) is 0 Å². The number of aromatic carboxylic acids is 1. The first-order chi connectivity index (χ1) is 10.4. The SMILES string of the molecule is CCCn1nc(C(=O)O)c2c1CCC(N(C)CCN(C)C)C2. The second-order valence-electron chi connectivity index (χ2n) is 6.48. The number of hydrogen-bond acceptors (Lipinski definition) is 4. The normalized spacial score (nSPS) is 18.0. The summed E-state index contributed by atoms with van der Waals surface area (Å²) < 4.78 is 1.91. The van der Waals surface area contributed by atoms with Crippen molar-refractivity contribution >= 4 is 5.97 Å². The molecule has 1 aromatic heterocycles. The maximum absolute atomic E-state index is 11.5. The van der Waals surface area contributed by atoms with Crippen LogP contribution in [-0.2, 0) is 19.4 Å². The summed E-state index contributed by atoms with van der Waals surface area (Å²) in [6.07, 6.45) is 3.77. The van der Waals surface area contributed by atoms with Crippen molar-refractivity contribution in [3.63, 3.8) is 0 Å². The molecule has 1 N–H and O–H groups in total. The molecule has 22 heavy (non-hydrogen) atoms. The summed E-state index contributed by atoms with van der Waals surface area (Å²) >= 11 is 0. The van der Waals surface area contributed by atoms with Gasteiger partial charge in [0.15, 0.2) is 5.69 Å². The van der Waals surface area contributed by atoms with Crippen molar-refractivity contribution in [2.75, 3.05) is 34.2 Å². The molecule has 0 bridgehead atoms. The molecule has 1 aliphatic carbocycles. The number of carboxylic acid groups (broad SMARTS) is 1. The summed E-state index contributed by atoms with van der Waals surface area (Å²) in [5.41, 5.74) is 2.35. The van der Waals surface area contributed by atoms with Crippen molar-refractivity contribution in [3.8, 4) is 0 Å². The zero-order chi connectivity index (χ0) is 16.3.